The van der Waals surface area contributed by atoms with Gasteiger partial charge in [-0.25, -0.2) is 4.98 Å². The first-order chi connectivity index (χ1) is 13.6. The van der Waals surface area contributed by atoms with Crippen molar-refractivity contribution >= 4 is 11.7 Å². The van der Waals surface area contributed by atoms with Gasteiger partial charge in [-0.3, -0.25) is 9.78 Å². The average Bonchev–Trinajstić information content (AvgIpc) is 2.67. The Balaban J connectivity index is 1.82. The van der Waals surface area contributed by atoms with Gasteiger partial charge in [0, 0.05) is 17.3 Å². The summed E-state index contributed by atoms with van der Waals surface area (Å²) >= 11 is 0. The molecule has 150 valence electrons. The summed E-state index contributed by atoms with van der Waals surface area (Å²) in [4.78, 5) is 19.3. The average molecular weight is 411 g/mol. The lowest BCUT2D eigenvalue weighted by molar-refractivity contribution is -0.141. The first-order valence-electron chi connectivity index (χ1n) is 8.04. The zero-order valence-corrected chi connectivity index (χ0v) is 14.3. The summed E-state index contributed by atoms with van der Waals surface area (Å²) < 4.78 is 77.4. The number of nitrogens with zero attached hydrogens (tertiary/aromatic N) is 2. The lowest BCUT2D eigenvalue weighted by Crippen LogP contribution is -2.15. The fraction of sp³-hybridized carbons (Fsp3) is 0.105. The van der Waals surface area contributed by atoms with Crippen molar-refractivity contribution in [3.8, 4) is 11.3 Å². The van der Waals surface area contributed by atoms with E-state index in [0.717, 1.165) is 24.3 Å². The van der Waals surface area contributed by atoms with Gasteiger partial charge in [-0.05, 0) is 36.4 Å². The van der Waals surface area contributed by atoms with Crippen molar-refractivity contribution in [2.24, 2.45) is 0 Å². The van der Waals surface area contributed by atoms with Crippen LogP contribution >= 0.6 is 0 Å². The van der Waals surface area contributed by atoms with E-state index in [1.807, 2.05) is 0 Å². The number of rotatable bonds is 3. The van der Waals surface area contributed by atoms with E-state index in [1.165, 1.54) is 36.5 Å². The Morgan fingerprint density at radius 3 is 2.14 bits per heavy atom. The molecule has 3 aromatic rings. The van der Waals surface area contributed by atoms with Crippen LogP contribution in [0.25, 0.3) is 11.3 Å². The van der Waals surface area contributed by atoms with Crippen LogP contribution in [0.2, 0.25) is 0 Å². The predicted octanol–water partition coefficient (Wildman–Crippen LogP) is 5.43. The van der Waals surface area contributed by atoms with Crippen molar-refractivity contribution in [2.75, 3.05) is 5.32 Å². The van der Waals surface area contributed by atoms with Crippen molar-refractivity contribution in [2.45, 2.75) is 12.4 Å². The van der Waals surface area contributed by atoms with E-state index in [0.29, 0.717) is 0 Å². The minimum Gasteiger partial charge on any atom is -0.307 e. The number of halogens is 6. The molecule has 1 amide bonds. The molecule has 1 aromatic carbocycles. The van der Waals surface area contributed by atoms with Crippen LogP contribution in [-0.2, 0) is 12.4 Å². The van der Waals surface area contributed by atoms with Crippen LogP contribution in [0.3, 0.4) is 0 Å². The Bertz CT molecular complexity index is 1030. The molecule has 0 saturated carbocycles. The monoisotopic (exact) mass is 411 g/mol. The summed E-state index contributed by atoms with van der Waals surface area (Å²) in [5.74, 6) is -1.07. The maximum absolute atomic E-state index is 13.1. The first kappa shape index (κ1) is 20.3. The third-order valence-corrected chi connectivity index (χ3v) is 3.81. The third-order valence-electron chi connectivity index (χ3n) is 3.81. The van der Waals surface area contributed by atoms with E-state index >= 15 is 0 Å². The quantitative estimate of drug-likeness (QED) is 0.585. The summed E-state index contributed by atoms with van der Waals surface area (Å²) in [5.41, 5.74) is -2.23. The Morgan fingerprint density at radius 2 is 1.52 bits per heavy atom. The molecule has 29 heavy (non-hydrogen) atoms. The summed E-state index contributed by atoms with van der Waals surface area (Å²) in [6.45, 7) is 0. The van der Waals surface area contributed by atoms with E-state index in [2.05, 4.69) is 15.3 Å². The largest absolute Gasteiger partial charge is 0.433 e. The molecule has 0 spiro atoms. The van der Waals surface area contributed by atoms with Gasteiger partial charge in [0.1, 0.15) is 11.5 Å². The predicted molar refractivity (Wildman–Crippen MR) is 91.9 cm³/mol. The van der Waals surface area contributed by atoms with Crippen LogP contribution < -0.4 is 5.32 Å². The second-order valence-corrected chi connectivity index (χ2v) is 5.83. The van der Waals surface area contributed by atoms with Crippen molar-refractivity contribution in [3.05, 3.63) is 77.6 Å². The summed E-state index contributed by atoms with van der Waals surface area (Å²) in [6, 6.07) is 10.1. The van der Waals surface area contributed by atoms with Crippen molar-refractivity contribution in [3.63, 3.8) is 0 Å². The minimum absolute atomic E-state index is 0.0254. The third kappa shape index (κ3) is 4.71. The Kier molecular flexibility index (Phi) is 5.27. The number of anilines is 1. The van der Waals surface area contributed by atoms with Crippen LogP contribution in [0.5, 0.6) is 0 Å². The highest BCUT2D eigenvalue weighted by Crippen LogP contribution is 2.35. The number of benzene rings is 1. The summed E-state index contributed by atoms with van der Waals surface area (Å²) in [7, 11) is 0. The zero-order chi connectivity index (χ0) is 21.2. The smallest absolute Gasteiger partial charge is 0.307 e. The van der Waals surface area contributed by atoms with Crippen LogP contribution in [-0.4, -0.2) is 15.9 Å². The van der Waals surface area contributed by atoms with Gasteiger partial charge in [-0.1, -0.05) is 18.2 Å². The number of hydrogen-bond donors (Lipinski definition) is 1. The van der Waals surface area contributed by atoms with Crippen molar-refractivity contribution < 1.29 is 31.1 Å². The highest BCUT2D eigenvalue weighted by molar-refractivity contribution is 6.04. The Hall–Kier alpha value is -3.43. The molecule has 1 N–H and O–H groups in total. The minimum atomic E-state index is -4.67. The second-order valence-electron chi connectivity index (χ2n) is 5.83. The first-order valence-corrected chi connectivity index (χ1v) is 8.04. The number of pyridine rings is 2. The topological polar surface area (TPSA) is 54.9 Å². The van der Waals surface area contributed by atoms with E-state index in [-0.39, 0.29) is 22.6 Å². The molecule has 0 saturated heterocycles. The molecule has 0 atom stereocenters. The van der Waals surface area contributed by atoms with Gasteiger partial charge in [0.05, 0.1) is 11.3 Å². The van der Waals surface area contributed by atoms with Gasteiger partial charge < -0.3 is 5.32 Å². The van der Waals surface area contributed by atoms with Crippen LogP contribution in [0.4, 0.5) is 32.2 Å². The van der Waals surface area contributed by atoms with E-state index in [4.69, 9.17) is 0 Å². The molecular weight excluding hydrogens is 400 g/mol. The Morgan fingerprint density at radius 1 is 0.828 bits per heavy atom. The molecule has 0 fully saturated rings. The number of aromatic nitrogens is 2. The fourth-order valence-corrected chi connectivity index (χ4v) is 2.49. The molecule has 4 nitrogen and oxygen atoms in total. The van der Waals surface area contributed by atoms with Crippen LogP contribution in [0.15, 0.2) is 60.8 Å². The SMILES string of the molecule is O=C(Nc1cccc(C(F)(F)F)n1)c1ccc(-c2ncccc2C(F)(F)F)cc1. The molecule has 0 radical (unpaired) electrons. The molecule has 0 unspecified atom stereocenters. The number of nitrogens with one attached hydrogen (secondary N) is 1. The molecule has 2 heterocycles. The van der Waals surface area contributed by atoms with Crippen LogP contribution in [0.1, 0.15) is 21.6 Å². The Labute approximate surface area is 160 Å². The lowest BCUT2D eigenvalue weighted by Gasteiger charge is -2.12. The molecule has 0 aliphatic heterocycles. The van der Waals surface area contributed by atoms with Gasteiger partial charge in [-0.2, -0.15) is 26.3 Å². The van der Waals surface area contributed by atoms with Gasteiger partial charge in [0.25, 0.3) is 5.91 Å². The molecule has 0 aliphatic rings. The zero-order valence-electron chi connectivity index (χ0n) is 14.3. The molecule has 10 heteroatoms. The van der Waals surface area contributed by atoms with E-state index in [1.54, 1.807) is 0 Å². The number of carbonyl (C=O) groups excluding carboxylic acids is 1. The standard InChI is InChI=1S/C19H11F6N3O/c20-18(21,22)13-3-2-10-26-16(13)11-6-8-12(9-7-11)17(29)28-15-5-1-4-14(27-15)19(23,24)25/h1-10H,(H,27,28,29). The number of alkyl halides is 6. The van der Waals surface area contributed by atoms with Gasteiger partial charge in [0.15, 0.2) is 0 Å². The van der Waals surface area contributed by atoms with Gasteiger partial charge >= 0.3 is 12.4 Å². The molecule has 0 aliphatic carbocycles. The van der Waals surface area contributed by atoms with E-state index in [9.17, 15) is 31.1 Å². The van der Waals surface area contributed by atoms with Crippen LogP contribution in [0, 0.1) is 0 Å². The van der Waals surface area contributed by atoms with Crippen molar-refractivity contribution in [1.82, 2.24) is 9.97 Å². The highest BCUT2D eigenvalue weighted by atomic mass is 19.4. The van der Waals surface area contributed by atoms with Gasteiger partial charge in [-0.15, -0.1) is 0 Å². The highest BCUT2D eigenvalue weighted by Gasteiger charge is 2.34. The lowest BCUT2D eigenvalue weighted by atomic mass is 10.0. The molecule has 0 bridgehead atoms. The maximum atomic E-state index is 13.1. The van der Waals surface area contributed by atoms with Gasteiger partial charge in [0.2, 0.25) is 0 Å². The van der Waals surface area contributed by atoms with Crippen molar-refractivity contribution in [1.29, 1.82) is 0 Å². The summed E-state index contributed by atoms with van der Waals surface area (Å²) in [5, 5.41) is 2.22. The fourth-order valence-electron chi connectivity index (χ4n) is 2.49. The molecule has 2 aromatic heterocycles. The molecule has 3 rings (SSSR count). The number of hydrogen-bond acceptors (Lipinski definition) is 3. The summed E-state index contributed by atoms with van der Waals surface area (Å²) in [6.07, 6.45) is -8.05. The maximum Gasteiger partial charge on any atom is 0.433 e. The second kappa shape index (κ2) is 7.53. The normalized spacial score (nSPS) is 11.9. The molecular formula is C19H11F6N3O. The number of amides is 1. The number of carbonyl (C=O) groups is 1. The van der Waals surface area contributed by atoms with E-state index < -0.39 is 29.5 Å².